The van der Waals surface area contributed by atoms with Gasteiger partial charge in [0, 0.05) is 35.5 Å². The molecule has 3 aromatic carbocycles. The molecule has 0 radical (unpaired) electrons. The number of nitrogens with zero attached hydrogens (tertiary/aromatic N) is 1. The highest BCUT2D eigenvalue weighted by Crippen LogP contribution is 2.40. The number of amides is 2. The number of nitrogens with two attached hydrogens (primary N) is 1. The van der Waals surface area contributed by atoms with Gasteiger partial charge in [-0.25, -0.2) is 0 Å². The van der Waals surface area contributed by atoms with E-state index in [9.17, 15) is 9.59 Å². The summed E-state index contributed by atoms with van der Waals surface area (Å²) in [4.78, 5) is 29.1. The number of ether oxygens (including phenoxy) is 2. The lowest BCUT2D eigenvalue weighted by Crippen LogP contribution is -2.51. The molecule has 45 heavy (non-hydrogen) atoms. The zero-order valence-electron chi connectivity index (χ0n) is 25.9. The van der Waals surface area contributed by atoms with Crippen molar-refractivity contribution < 1.29 is 23.5 Å². The Hall–Kier alpha value is -4.11. The lowest BCUT2D eigenvalue weighted by molar-refractivity contribution is -0.137. The lowest BCUT2D eigenvalue weighted by atomic mass is 9.87. The third-order valence-electron chi connectivity index (χ3n) is 7.96. The number of hydrogen-bond acceptors (Lipinski definition) is 6. The van der Waals surface area contributed by atoms with Gasteiger partial charge in [-0.05, 0) is 67.7 Å². The first kappa shape index (κ1) is 32.3. The van der Waals surface area contributed by atoms with Gasteiger partial charge in [-0.2, -0.15) is 0 Å². The maximum atomic E-state index is 14.3. The molecule has 1 aromatic heterocycles. The van der Waals surface area contributed by atoms with Crippen LogP contribution in [-0.2, 0) is 27.4 Å². The van der Waals surface area contributed by atoms with Gasteiger partial charge >= 0.3 is 0 Å². The van der Waals surface area contributed by atoms with E-state index >= 15 is 0 Å². The lowest BCUT2D eigenvalue weighted by Gasteiger charge is -2.29. The molecule has 2 amide bonds. The number of benzene rings is 3. The quantitative estimate of drug-likeness (QED) is 0.197. The van der Waals surface area contributed by atoms with Crippen LogP contribution < -0.4 is 15.8 Å². The smallest absolute Gasteiger partial charge is 0.247 e. The summed E-state index contributed by atoms with van der Waals surface area (Å²) in [5.41, 5.74) is 10.4. The molecule has 0 fully saturated rings. The highest BCUT2D eigenvalue weighted by Gasteiger charge is 2.33. The van der Waals surface area contributed by atoms with Gasteiger partial charge in [0.25, 0.3) is 0 Å². The van der Waals surface area contributed by atoms with Crippen molar-refractivity contribution in [1.82, 2.24) is 10.2 Å². The van der Waals surface area contributed by atoms with E-state index in [4.69, 9.17) is 31.2 Å². The van der Waals surface area contributed by atoms with Crippen LogP contribution in [0.1, 0.15) is 48.4 Å². The number of fused-ring (bicyclic) bond motifs is 2. The molecule has 0 bridgehead atoms. The molecule has 0 saturated heterocycles. The molecule has 0 saturated carbocycles. The number of halogens is 1. The van der Waals surface area contributed by atoms with Gasteiger partial charge in [0.15, 0.2) is 0 Å². The fourth-order valence-electron chi connectivity index (χ4n) is 5.68. The van der Waals surface area contributed by atoms with Crippen LogP contribution in [0.4, 0.5) is 0 Å². The number of furan rings is 1. The van der Waals surface area contributed by atoms with E-state index in [2.05, 4.69) is 5.32 Å². The highest BCUT2D eigenvalue weighted by atomic mass is 35.5. The summed E-state index contributed by atoms with van der Waals surface area (Å²) in [6.07, 6.45) is 5.92. The molecule has 0 spiro atoms. The summed E-state index contributed by atoms with van der Waals surface area (Å²) in [5.74, 6) is -0.279. The van der Waals surface area contributed by atoms with Crippen LogP contribution in [0.5, 0.6) is 5.75 Å². The van der Waals surface area contributed by atoms with Crippen LogP contribution in [0, 0.1) is 0 Å². The molecular weight excluding hydrogens is 590 g/mol. The first-order chi connectivity index (χ1) is 21.6. The first-order valence-corrected chi connectivity index (χ1v) is 15.5. The fourth-order valence-corrected chi connectivity index (χ4v) is 5.95. The predicted octanol–water partition coefficient (Wildman–Crippen LogP) is 6.00. The number of carbonyl (C=O) groups excluding carboxylic acids is 2. The second-order valence-corrected chi connectivity index (χ2v) is 12.5. The first-order valence-electron chi connectivity index (χ1n) is 15.1. The number of hydrogen-bond donors (Lipinski definition) is 2. The number of carbonyl (C=O) groups is 2. The summed E-state index contributed by atoms with van der Waals surface area (Å²) in [7, 11) is 1.59. The van der Waals surface area contributed by atoms with Crippen LogP contribution in [0.2, 0.25) is 5.02 Å². The van der Waals surface area contributed by atoms with Crippen molar-refractivity contribution in [1.29, 1.82) is 0 Å². The Morgan fingerprint density at radius 2 is 1.93 bits per heavy atom. The predicted molar refractivity (Wildman–Crippen MR) is 176 cm³/mol. The number of rotatable bonds is 11. The maximum absolute atomic E-state index is 14.3. The van der Waals surface area contributed by atoms with Gasteiger partial charge in [0.1, 0.15) is 17.4 Å². The molecule has 0 aliphatic carbocycles. The largest absolute Gasteiger partial charge is 0.495 e. The average molecular weight is 630 g/mol. The summed E-state index contributed by atoms with van der Waals surface area (Å²) in [6.45, 7) is 4.89. The van der Waals surface area contributed by atoms with E-state index in [1.807, 2.05) is 80.6 Å². The van der Waals surface area contributed by atoms with Crippen LogP contribution in [0.25, 0.3) is 11.0 Å². The standard InChI is InChI=1S/C36H40ClN3O5/c1-36(2,38)16-8-13-33(41)39-31(23-44-22-24-9-5-4-6-10-24)35(42)40-17-14-26-19-30(37)32(43-3)20-28(26)29(21-40)27-12-7-11-25-15-18-45-34(25)27/h4-13,15,18-20,29,31H,14,16-17,21-23,38H2,1-3H3,(H,39,41)/b13-8+/t29?,31-/m1/s1. The summed E-state index contributed by atoms with van der Waals surface area (Å²) >= 11 is 6.57. The Kier molecular flexibility index (Phi) is 10.3. The third kappa shape index (κ3) is 8.14. The van der Waals surface area contributed by atoms with Crippen LogP contribution in [-0.4, -0.2) is 55.1 Å². The van der Waals surface area contributed by atoms with E-state index < -0.39 is 11.6 Å². The maximum Gasteiger partial charge on any atom is 0.247 e. The van der Waals surface area contributed by atoms with E-state index in [0.29, 0.717) is 43.3 Å². The Morgan fingerprint density at radius 1 is 1.13 bits per heavy atom. The van der Waals surface area contributed by atoms with Crippen LogP contribution >= 0.6 is 11.6 Å². The third-order valence-corrected chi connectivity index (χ3v) is 8.26. The molecule has 8 nitrogen and oxygen atoms in total. The zero-order chi connectivity index (χ0) is 32.0. The second-order valence-electron chi connectivity index (χ2n) is 12.1. The van der Waals surface area contributed by atoms with Crippen molar-refractivity contribution in [2.45, 2.75) is 50.8 Å². The summed E-state index contributed by atoms with van der Waals surface area (Å²) in [5, 5.41) is 4.38. The Morgan fingerprint density at radius 3 is 2.69 bits per heavy atom. The van der Waals surface area contributed by atoms with E-state index in [1.165, 1.54) is 6.08 Å². The highest BCUT2D eigenvalue weighted by molar-refractivity contribution is 6.32. The molecule has 2 atom stereocenters. The van der Waals surface area contributed by atoms with Crippen molar-refractivity contribution >= 4 is 34.4 Å². The molecule has 236 valence electrons. The Balaban J connectivity index is 1.44. The number of para-hydroxylation sites is 1. The van der Waals surface area contributed by atoms with Crippen molar-refractivity contribution in [3.8, 4) is 5.75 Å². The minimum Gasteiger partial charge on any atom is -0.495 e. The molecule has 2 heterocycles. The monoisotopic (exact) mass is 629 g/mol. The molecule has 4 aromatic rings. The van der Waals surface area contributed by atoms with Crippen molar-refractivity contribution in [3.05, 3.63) is 112 Å². The van der Waals surface area contributed by atoms with Gasteiger partial charge in [0.2, 0.25) is 11.8 Å². The van der Waals surface area contributed by atoms with Gasteiger partial charge in [-0.15, -0.1) is 0 Å². The zero-order valence-corrected chi connectivity index (χ0v) is 26.7. The minimum absolute atomic E-state index is 0.0111. The van der Waals surface area contributed by atoms with Gasteiger partial charge < -0.3 is 29.8 Å². The number of methoxy groups -OCH3 is 1. The summed E-state index contributed by atoms with van der Waals surface area (Å²) in [6, 6.07) is 20.6. The molecule has 9 heteroatoms. The molecule has 1 unspecified atom stereocenters. The van der Waals surface area contributed by atoms with Crippen LogP contribution in [0.3, 0.4) is 0 Å². The van der Waals surface area contributed by atoms with Crippen LogP contribution in [0.15, 0.2) is 89.6 Å². The van der Waals surface area contributed by atoms with Crippen molar-refractivity contribution in [3.63, 3.8) is 0 Å². The molecule has 3 N–H and O–H groups in total. The molecule has 1 aliphatic heterocycles. The SMILES string of the molecule is COc1cc2c(cc1Cl)CCN(C(=O)[C@@H](COCc1ccccc1)NC(=O)/C=C/CC(C)(C)N)CC2c1cccc2ccoc12. The molecule has 1 aliphatic rings. The van der Waals surface area contributed by atoms with Crippen molar-refractivity contribution in [2.75, 3.05) is 26.8 Å². The average Bonchev–Trinajstić information content (AvgIpc) is 3.42. The second kappa shape index (κ2) is 14.3. The topological polar surface area (TPSA) is 107 Å². The Bertz CT molecular complexity index is 1660. The van der Waals surface area contributed by atoms with E-state index in [-0.39, 0.29) is 24.3 Å². The fraction of sp³-hybridized carbons (Fsp3) is 0.333. The van der Waals surface area contributed by atoms with E-state index in [1.54, 1.807) is 24.3 Å². The van der Waals surface area contributed by atoms with Gasteiger partial charge in [-0.1, -0.05) is 66.2 Å². The molecular formula is C36H40ClN3O5. The van der Waals surface area contributed by atoms with Gasteiger partial charge in [-0.3, -0.25) is 9.59 Å². The summed E-state index contributed by atoms with van der Waals surface area (Å²) < 4.78 is 17.5. The number of nitrogens with one attached hydrogen (secondary N) is 1. The van der Waals surface area contributed by atoms with Gasteiger partial charge in [0.05, 0.1) is 31.6 Å². The minimum atomic E-state index is -0.906. The normalized spacial score (nSPS) is 15.9. The van der Waals surface area contributed by atoms with E-state index in [0.717, 1.165) is 33.2 Å². The van der Waals surface area contributed by atoms with Crippen molar-refractivity contribution in [2.24, 2.45) is 5.73 Å². The Labute approximate surface area is 269 Å². The molecule has 5 rings (SSSR count).